The molecular weight excluding hydrogens is 415 g/mol. The molecule has 0 atom stereocenters. The van der Waals surface area contributed by atoms with Crippen molar-refractivity contribution in [3.8, 4) is 0 Å². The van der Waals surface area contributed by atoms with E-state index in [9.17, 15) is 18.0 Å². The lowest BCUT2D eigenvalue weighted by Crippen LogP contribution is -2.13. The van der Waals surface area contributed by atoms with Gasteiger partial charge in [-0.3, -0.25) is 4.79 Å². The van der Waals surface area contributed by atoms with Crippen molar-refractivity contribution < 1.29 is 18.0 Å². The van der Waals surface area contributed by atoms with Crippen LogP contribution >= 0.6 is 31.9 Å². The molecule has 1 amide bonds. The molecule has 7 heteroatoms. The van der Waals surface area contributed by atoms with Gasteiger partial charge in [-0.05, 0) is 52.3 Å². The maximum Gasteiger partial charge on any atom is 0.416 e. The van der Waals surface area contributed by atoms with E-state index in [0.29, 0.717) is 14.5 Å². The van der Waals surface area contributed by atoms with Crippen molar-refractivity contribution in [3.63, 3.8) is 0 Å². The fraction of sp³-hybridized carbons (Fsp3) is 0.0714. The van der Waals surface area contributed by atoms with E-state index >= 15 is 0 Å². The number of hydrogen-bond donors (Lipinski definition) is 1. The number of amides is 1. The summed E-state index contributed by atoms with van der Waals surface area (Å²) < 4.78 is 39.1. The van der Waals surface area contributed by atoms with Crippen molar-refractivity contribution in [1.82, 2.24) is 0 Å². The van der Waals surface area contributed by atoms with Gasteiger partial charge >= 0.3 is 6.18 Å². The number of rotatable bonds is 2. The molecule has 0 radical (unpaired) electrons. The smallest absolute Gasteiger partial charge is 0.321 e. The van der Waals surface area contributed by atoms with E-state index in [-0.39, 0.29) is 5.69 Å². The van der Waals surface area contributed by atoms with Crippen molar-refractivity contribution in [2.45, 2.75) is 6.18 Å². The van der Waals surface area contributed by atoms with Crippen LogP contribution in [0.3, 0.4) is 0 Å². The third-order valence-corrected chi connectivity index (χ3v) is 3.81. The zero-order valence-electron chi connectivity index (χ0n) is 10.3. The van der Waals surface area contributed by atoms with Crippen LogP contribution in [0, 0.1) is 0 Å². The Kier molecular flexibility index (Phi) is 4.73. The van der Waals surface area contributed by atoms with E-state index < -0.39 is 17.6 Å². The number of carbonyl (C=O) groups excluding carboxylic acids is 1. The van der Waals surface area contributed by atoms with Gasteiger partial charge in [-0.15, -0.1) is 0 Å². The van der Waals surface area contributed by atoms with Gasteiger partial charge in [0.1, 0.15) is 0 Å². The minimum Gasteiger partial charge on any atom is -0.321 e. The number of alkyl halides is 3. The highest BCUT2D eigenvalue weighted by atomic mass is 79.9. The highest BCUT2D eigenvalue weighted by molar-refractivity contribution is 9.10. The minimum absolute atomic E-state index is 0.0646. The summed E-state index contributed by atoms with van der Waals surface area (Å²) in [5, 5.41) is 2.46. The number of hydrogen-bond acceptors (Lipinski definition) is 1. The van der Waals surface area contributed by atoms with Crippen molar-refractivity contribution in [2.24, 2.45) is 0 Å². The molecule has 0 aliphatic carbocycles. The topological polar surface area (TPSA) is 29.1 Å². The highest BCUT2D eigenvalue weighted by Crippen LogP contribution is 2.34. The van der Waals surface area contributed by atoms with Gasteiger partial charge < -0.3 is 5.32 Å². The molecule has 110 valence electrons. The van der Waals surface area contributed by atoms with Crippen LogP contribution in [-0.4, -0.2) is 5.91 Å². The first-order valence-electron chi connectivity index (χ1n) is 5.71. The molecule has 21 heavy (non-hydrogen) atoms. The van der Waals surface area contributed by atoms with Crippen LogP contribution in [0.15, 0.2) is 51.4 Å². The van der Waals surface area contributed by atoms with Crippen LogP contribution in [-0.2, 0) is 6.18 Å². The fourth-order valence-electron chi connectivity index (χ4n) is 1.62. The second kappa shape index (κ2) is 6.19. The van der Waals surface area contributed by atoms with Gasteiger partial charge in [-0.25, -0.2) is 0 Å². The molecule has 0 aliphatic rings. The van der Waals surface area contributed by atoms with Crippen molar-refractivity contribution in [1.29, 1.82) is 0 Å². The monoisotopic (exact) mass is 421 g/mol. The van der Waals surface area contributed by atoms with Crippen molar-refractivity contribution in [3.05, 3.63) is 62.5 Å². The number of nitrogens with one attached hydrogen (secondary N) is 1. The molecule has 0 heterocycles. The lowest BCUT2D eigenvalue weighted by atomic mass is 10.1. The lowest BCUT2D eigenvalue weighted by Gasteiger charge is -2.12. The van der Waals surface area contributed by atoms with E-state index in [1.165, 1.54) is 6.07 Å². The lowest BCUT2D eigenvalue weighted by molar-refractivity contribution is -0.137. The van der Waals surface area contributed by atoms with Crippen molar-refractivity contribution >= 4 is 43.5 Å². The molecule has 0 spiro atoms. The molecule has 2 nitrogen and oxygen atoms in total. The Hall–Kier alpha value is -1.34. The largest absolute Gasteiger partial charge is 0.416 e. The van der Waals surface area contributed by atoms with Crippen molar-refractivity contribution in [2.75, 3.05) is 5.32 Å². The molecule has 0 aromatic heterocycles. The molecule has 0 unspecified atom stereocenters. The summed E-state index contributed by atoms with van der Waals surface area (Å²) in [6.07, 6.45) is -4.46. The summed E-state index contributed by atoms with van der Waals surface area (Å²) in [5.74, 6) is -0.490. The summed E-state index contributed by atoms with van der Waals surface area (Å²) in [4.78, 5) is 12.0. The van der Waals surface area contributed by atoms with E-state index in [1.54, 1.807) is 24.3 Å². The number of halogens is 5. The van der Waals surface area contributed by atoms with Gasteiger partial charge in [0.05, 0.1) is 11.3 Å². The predicted molar refractivity (Wildman–Crippen MR) is 81.2 cm³/mol. The van der Waals surface area contributed by atoms with E-state index in [2.05, 4.69) is 37.2 Å². The Bertz CT molecular complexity index is 686. The summed E-state index contributed by atoms with van der Waals surface area (Å²) >= 11 is 6.35. The van der Waals surface area contributed by atoms with E-state index in [1.807, 2.05) is 0 Å². The Labute approximate surface area is 135 Å². The molecule has 2 aromatic rings. The van der Waals surface area contributed by atoms with E-state index in [4.69, 9.17) is 0 Å². The molecule has 1 N–H and O–H groups in total. The molecule has 2 aromatic carbocycles. The standard InChI is InChI=1S/C14H8Br2F3NO/c15-10-3-1-2-8(6-10)13(21)20-12-7-9(14(17,18)19)4-5-11(12)16/h1-7H,(H,20,21). The fourth-order valence-corrected chi connectivity index (χ4v) is 2.37. The third kappa shape index (κ3) is 4.07. The molecular formula is C14H8Br2F3NO. The molecule has 2 rings (SSSR count). The Morgan fingerprint density at radius 3 is 2.38 bits per heavy atom. The normalized spacial score (nSPS) is 11.3. The van der Waals surface area contributed by atoms with Crippen LogP contribution in [0.25, 0.3) is 0 Å². The average Bonchev–Trinajstić information content (AvgIpc) is 2.40. The first kappa shape index (κ1) is 16.0. The maximum atomic E-state index is 12.7. The van der Waals surface area contributed by atoms with Gasteiger partial charge in [0.2, 0.25) is 0 Å². The summed E-state index contributed by atoms with van der Waals surface area (Å²) in [7, 11) is 0. The minimum atomic E-state index is -4.46. The summed E-state index contributed by atoms with van der Waals surface area (Å²) in [5.41, 5.74) is -0.418. The zero-order valence-corrected chi connectivity index (χ0v) is 13.5. The Morgan fingerprint density at radius 2 is 1.76 bits per heavy atom. The van der Waals surface area contributed by atoms with Gasteiger partial charge in [-0.2, -0.15) is 13.2 Å². The first-order valence-corrected chi connectivity index (χ1v) is 7.29. The van der Waals surface area contributed by atoms with Gasteiger partial charge in [-0.1, -0.05) is 22.0 Å². The van der Waals surface area contributed by atoms with Crippen LogP contribution in [0.4, 0.5) is 18.9 Å². The number of carbonyl (C=O) groups is 1. The molecule has 0 saturated carbocycles. The van der Waals surface area contributed by atoms with Gasteiger partial charge in [0.15, 0.2) is 0 Å². The average molecular weight is 423 g/mol. The van der Waals surface area contributed by atoms with E-state index in [0.717, 1.165) is 12.1 Å². The van der Waals surface area contributed by atoms with Crippen LogP contribution in [0.1, 0.15) is 15.9 Å². The van der Waals surface area contributed by atoms with Gasteiger partial charge in [0, 0.05) is 14.5 Å². The number of benzene rings is 2. The summed E-state index contributed by atoms with van der Waals surface area (Å²) in [6.45, 7) is 0. The third-order valence-electron chi connectivity index (χ3n) is 2.63. The molecule has 0 bridgehead atoms. The second-order valence-electron chi connectivity index (χ2n) is 4.16. The first-order chi connectivity index (χ1) is 9.77. The quantitative estimate of drug-likeness (QED) is 0.681. The second-order valence-corrected chi connectivity index (χ2v) is 5.93. The molecule has 0 saturated heterocycles. The predicted octanol–water partition coefficient (Wildman–Crippen LogP) is 5.48. The molecule has 0 aliphatic heterocycles. The Balaban J connectivity index is 2.29. The molecule has 0 fully saturated rings. The van der Waals surface area contributed by atoms with Crippen LogP contribution < -0.4 is 5.32 Å². The SMILES string of the molecule is O=C(Nc1cc(C(F)(F)F)ccc1Br)c1cccc(Br)c1. The van der Waals surface area contributed by atoms with Crippen LogP contribution in [0.2, 0.25) is 0 Å². The zero-order chi connectivity index (χ0) is 15.6. The number of anilines is 1. The Morgan fingerprint density at radius 1 is 1.05 bits per heavy atom. The highest BCUT2D eigenvalue weighted by Gasteiger charge is 2.31. The van der Waals surface area contributed by atoms with Crippen LogP contribution in [0.5, 0.6) is 0 Å². The van der Waals surface area contributed by atoms with Gasteiger partial charge in [0.25, 0.3) is 5.91 Å². The maximum absolute atomic E-state index is 12.7. The summed E-state index contributed by atoms with van der Waals surface area (Å²) in [6, 6.07) is 9.65.